The smallest absolute Gasteiger partial charge is 0.234 e. The summed E-state index contributed by atoms with van der Waals surface area (Å²) in [5.74, 6) is 0.725. The highest BCUT2D eigenvalue weighted by molar-refractivity contribution is 5.87. The van der Waals surface area contributed by atoms with Gasteiger partial charge in [0.2, 0.25) is 5.91 Å². The number of hydrogen-bond acceptors (Lipinski definition) is 2. The number of amides is 1. The molecule has 2 aromatic carbocycles. The predicted octanol–water partition coefficient (Wildman–Crippen LogP) is 4.09. The number of rotatable bonds is 6. The number of nitrogens with one attached hydrogen (secondary N) is 1. The summed E-state index contributed by atoms with van der Waals surface area (Å²) in [4.78, 5) is 15.4. The van der Waals surface area contributed by atoms with Gasteiger partial charge in [0.15, 0.2) is 0 Å². The monoisotopic (exact) mass is 372 g/mol. The standard InChI is InChI=1S/C22H28N2O.ClH/c1-2-23-17-18-13-15-24(16-14-18)22(25)21(19-9-5-3-6-10-19)20-11-7-4-8-12-20;/h3-12,18,21,23H,2,13-17H2,1H3;1H. The zero-order valence-corrected chi connectivity index (χ0v) is 16.3. The van der Waals surface area contributed by atoms with Gasteiger partial charge in [-0.15, -0.1) is 12.4 Å². The molecule has 26 heavy (non-hydrogen) atoms. The van der Waals surface area contributed by atoms with Crippen LogP contribution in [-0.2, 0) is 4.79 Å². The molecule has 1 heterocycles. The highest BCUT2D eigenvalue weighted by atomic mass is 35.5. The Morgan fingerprint density at radius 1 is 1.00 bits per heavy atom. The molecule has 4 heteroatoms. The van der Waals surface area contributed by atoms with Crippen molar-refractivity contribution in [2.75, 3.05) is 26.2 Å². The molecule has 0 unspecified atom stereocenters. The third kappa shape index (κ3) is 5.09. The molecule has 2 aromatic rings. The summed E-state index contributed by atoms with van der Waals surface area (Å²) in [5.41, 5.74) is 2.15. The molecule has 0 bridgehead atoms. The second kappa shape index (κ2) is 10.3. The first-order chi connectivity index (χ1) is 12.3. The summed E-state index contributed by atoms with van der Waals surface area (Å²) in [6, 6.07) is 20.3. The molecule has 0 radical (unpaired) electrons. The Labute approximate surface area is 163 Å². The molecule has 1 saturated heterocycles. The van der Waals surface area contributed by atoms with Crippen LogP contribution in [0.1, 0.15) is 36.8 Å². The molecule has 1 fully saturated rings. The number of benzene rings is 2. The lowest BCUT2D eigenvalue weighted by molar-refractivity contribution is -0.133. The van der Waals surface area contributed by atoms with Gasteiger partial charge < -0.3 is 10.2 Å². The van der Waals surface area contributed by atoms with Gasteiger partial charge in [0.25, 0.3) is 0 Å². The van der Waals surface area contributed by atoms with E-state index in [0.29, 0.717) is 5.92 Å². The van der Waals surface area contributed by atoms with Crippen LogP contribution in [0.25, 0.3) is 0 Å². The first-order valence-corrected chi connectivity index (χ1v) is 9.39. The molecule has 1 aliphatic rings. The second-order valence-corrected chi connectivity index (χ2v) is 6.83. The first-order valence-electron chi connectivity index (χ1n) is 9.39. The second-order valence-electron chi connectivity index (χ2n) is 6.83. The largest absolute Gasteiger partial charge is 0.342 e. The maximum absolute atomic E-state index is 13.3. The van der Waals surface area contributed by atoms with Crippen molar-refractivity contribution in [2.45, 2.75) is 25.7 Å². The molecule has 3 nitrogen and oxygen atoms in total. The van der Waals surface area contributed by atoms with Crippen LogP contribution in [0.3, 0.4) is 0 Å². The van der Waals surface area contributed by atoms with Gasteiger partial charge in [-0.05, 0) is 43.0 Å². The van der Waals surface area contributed by atoms with Gasteiger partial charge in [-0.1, -0.05) is 67.6 Å². The van der Waals surface area contributed by atoms with E-state index in [4.69, 9.17) is 0 Å². The summed E-state index contributed by atoms with van der Waals surface area (Å²) in [6.07, 6.45) is 2.18. The first kappa shape index (κ1) is 20.5. The van der Waals surface area contributed by atoms with Crippen LogP contribution >= 0.6 is 12.4 Å². The number of carbonyl (C=O) groups excluding carboxylic acids is 1. The fourth-order valence-electron chi connectivity index (χ4n) is 3.66. The maximum Gasteiger partial charge on any atom is 0.234 e. The van der Waals surface area contributed by atoms with Crippen molar-refractivity contribution in [1.82, 2.24) is 10.2 Å². The summed E-state index contributed by atoms with van der Waals surface area (Å²) in [6.45, 7) is 5.96. The Hall–Kier alpha value is -1.84. The SMILES string of the molecule is CCNCC1CCN(C(=O)C(c2ccccc2)c2ccccc2)CC1.Cl. The third-order valence-corrected chi connectivity index (χ3v) is 5.12. The quantitative estimate of drug-likeness (QED) is 0.828. The summed E-state index contributed by atoms with van der Waals surface area (Å²) >= 11 is 0. The predicted molar refractivity (Wildman–Crippen MR) is 110 cm³/mol. The van der Waals surface area contributed by atoms with E-state index in [1.807, 2.05) is 36.4 Å². The van der Waals surface area contributed by atoms with Gasteiger partial charge in [-0.3, -0.25) is 4.79 Å². The Bertz CT molecular complexity index is 615. The van der Waals surface area contributed by atoms with Crippen LogP contribution in [0.5, 0.6) is 0 Å². The normalized spacial score (nSPS) is 14.9. The number of nitrogens with zero attached hydrogens (tertiary/aromatic N) is 1. The van der Waals surface area contributed by atoms with Crippen molar-refractivity contribution in [3.8, 4) is 0 Å². The summed E-state index contributed by atoms with van der Waals surface area (Å²) in [5, 5.41) is 3.43. The van der Waals surface area contributed by atoms with Gasteiger partial charge in [-0.2, -0.15) is 0 Å². The lowest BCUT2D eigenvalue weighted by Crippen LogP contribution is -2.43. The molecule has 3 rings (SSSR count). The molecule has 0 aliphatic carbocycles. The third-order valence-electron chi connectivity index (χ3n) is 5.12. The molecule has 1 amide bonds. The van der Waals surface area contributed by atoms with Crippen molar-refractivity contribution in [3.63, 3.8) is 0 Å². The number of piperidine rings is 1. The van der Waals surface area contributed by atoms with Gasteiger partial charge in [-0.25, -0.2) is 0 Å². The van der Waals surface area contributed by atoms with Crippen LogP contribution in [0, 0.1) is 5.92 Å². The number of halogens is 1. The van der Waals surface area contributed by atoms with Crippen LogP contribution in [-0.4, -0.2) is 37.0 Å². The molecule has 0 saturated carbocycles. The number of hydrogen-bond donors (Lipinski definition) is 1. The Morgan fingerprint density at radius 3 is 1.96 bits per heavy atom. The van der Waals surface area contributed by atoms with E-state index in [-0.39, 0.29) is 24.2 Å². The minimum absolute atomic E-state index is 0. The van der Waals surface area contributed by atoms with Crippen LogP contribution in [0.2, 0.25) is 0 Å². The van der Waals surface area contributed by atoms with E-state index in [0.717, 1.165) is 50.1 Å². The lowest BCUT2D eigenvalue weighted by atomic mass is 9.88. The zero-order chi connectivity index (χ0) is 17.5. The van der Waals surface area contributed by atoms with Crippen molar-refractivity contribution in [1.29, 1.82) is 0 Å². The van der Waals surface area contributed by atoms with Gasteiger partial charge in [0.1, 0.15) is 0 Å². The molecule has 140 valence electrons. The average Bonchev–Trinajstić information content (AvgIpc) is 2.68. The van der Waals surface area contributed by atoms with E-state index < -0.39 is 0 Å². The van der Waals surface area contributed by atoms with Crippen LogP contribution in [0.15, 0.2) is 60.7 Å². The highest BCUT2D eigenvalue weighted by Crippen LogP contribution is 2.28. The van der Waals surface area contributed by atoms with Crippen LogP contribution < -0.4 is 5.32 Å². The van der Waals surface area contributed by atoms with Crippen LogP contribution in [0.4, 0.5) is 0 Å². The van der Waals surface area contributed by atoms with E-state index in [1.165, 1.54) is 0 Å². The molecule has 0 aromatic heterocycles. The van der Waals surface area contributed by atoms with Crippen molar-refractivity contribution in [3.05, 3.63) is 71.8 Å². The van der Waals surface area contributed by atoms with Crippen molar-refractivity contribution >= 4 is 18.3 Å². The van der Waals surface area contributed by atoms with E-state index in [1.54, 1.807) is 0 Å². The van der Waals surface area contributed by atoms with E-state index in [2.05, 4.69) is 41.4 Å². The topological polar surface area (TPSA) is 32.3 Å². The number of carbonyl (C=O) groups is 1. The zero-order valence-electron chi connectivity index (χ0n) is 15.4. The summed E-state index contributed by atoms with van der Waals surface area (Å²) < 4.78 is 0. The van der Waals surface area contributed by atoms with Gasteiger partial charge in [0, 0.05) is 13.1 Å². The van der Waals surface area contributed by atoms with Gasteiger partial charge in [0.05, 0.1) is 5.92 Å². The maximum atomic E-state index is 13.3. The molecule has 0 spiro atoms. The van der Waals surface area contributed by atoms with E-state index >= 15 is 0 Å². The fourth-order valence-corrected chi connectivity index (χ4v) is 3.66. The molecule has 1 N–H and O–H groups in total. The Morgan fingerprint density at radius 2 is 1.50 bits per heavy atom. The average molecular weight is 373 g/mol. The molecular formula is C22H29ClN2O. The Balaban J connectivity index is 0.00000243. The minimum atomic E-state index is -0.201. The molecule has 1 aliphatic heterocycles. The fraction of sp³-hybridized carbons (Fsp3) is 0.409. The Kier molecular flexibility index (Phi) is 8.14. The highest BCUT2D eigenvalue weighted by Gasteiger charge is 2.30. The van der Waals surface area contributed by atoms with Gasteiger partial charge >= 0.3 is 0 Å². The van der Waals surface area contributed by atoms with E-state index in [9.17, 15) is 4.79 Å². The minimum Gasteiger partial charge on any atom is -0.342 e. The molecular weight excluding hydrogens is 344 g/mol. The molecule has 0 atom stereocenters. The van der Waals surface area contributed by atoms with Crippen molar-refractivity contribution in [2.24, 2.45) is 5.92 Å². The van der Waals surface area contributed by atoms with Crippen molar-refractivity contribution < 1.29 is 4.79 Å². The lowest BCUT2D eigenvalue weighted by Gasteiger charge is -2.34. The number of likely N-dealkylation sites (tertiary alicyclic amines) is 1. The summed E-state index contributed by atoms with van der Waals surface area (Å²) in [7, 11) is 0.